The van der Waals surface area contributed by atoms with Gasteiger partial charge in [0, 0.05) is 19.0 Å². The van der Waals surface area contributed by atoms with Gasteiger partial charge in [0.05, 0.1) is 0 Å². The number of fused-ring (bicyclic) bond motifs is 5. The maximum Gasteiger partial charge on any atom is 0.217 e. The summed E-state index contributed by atoms with van der Waals surface area (Å²) in [5.41, 5.74) is 1.02. The molecule has 9 atom stereocenters. The quantitative estimate of drug-likeness (QED) is 0.729. The second-order valence-electron chi connectivity index (χ2n) is 11.8. The first-order chi connectivity index (χ1) is 13.2. The van der Waals surface area contributed by atoms with Crippen molar-refractivity contribution in [3.63, 3.8) is 0 Å². The molecule has 1 N–H and O–H groups in total. The van der Waals surface area contributed by atoms with Gasteiger partial charge in [-0.2, -0.15) is 0 Å². The van der Waals surface area contributed by atoms with Crippen molar-refractivity contribution in [1.29, 1.82) is 0 Å². The van der Waals surface area contributed by atoms with E-state index in [1.165, 1.54) is 57.8 Å². The monoisotopic (exact) mass is 388 g/mol. The van der Waals surface area contributed by atoms with Gasteiger partial charge in [-0.15, -0.1) is 0 Å². The number of nitrogens with zero attached hydrogens (tertiary/aromatic N) is 1. The molecule has 4 fully saturated rings. The van der Waals surface area contributed by atoms with Crippen LogP contribution in [0.2, 0.25) is 0 Å². The Kier molecular flexibility index (Phi) is 5.39. The van der Waals surface area contributed by atoms with Crippen molar-refractivity contribution in [3.8, 4) is 0 Å². The minimum atomic E-state index is 0.138. The van der Waals surface area contributed by atoms with Crippen LogP contribution in [0, 0.1) is 40.4 Å². The first kappa shape index (κ1) is 20.7. The van der Waals surface area contributed by atoms with Gasteiger partial charge in [0.1, 0.15) is 0 Å². The first-order valence-electron chi connectivity index (χ1n) is 12.1. The molecule has 0 aliphatic heterocycles. The van der Waals surface area contributed by atoms with Crippen LogP contribution in [0.3, 0.4) is 0 Å². The maximum absolute atomic E-state index is 11.7. The molecular weight excluding hydrogens is 344 g/mol. The maximum atomic E-state index is 11.7. The fourth-order valence-corrected chi connectivity index (χ4v) is 8.99. The molecule has 3 nitrogen and oxygen atoms in total. The lowest BCUT2D eigenvalue weighted by molar-refractivity contribution is -0.125. The van der Waals surface area contributed by atoms with Crippen LogP contribution in [0.4, 0.5) is 0 Å². The van der Waals surface area contributed by atoms with Crippen LogP contribution in [0.5, 0.6) is 0 Å². The number of carbonyl (C=O) groups excluding carboxylic acids is 1. The van der Waals surface area contributed by atoms with Crippen LogP contribution in [-0.2, 0) is 4.79 Å². The molecule has 3 heteroatoms. The van der Waals surface area contributed by atoms with E-state index in [0.717, 1.165) is 29.7 Å². The molecule has 4 saturated carbocycles. The molecule has 0 bridgehead atoms. The highest BCUT2D eigenvalue weighted by Crippen LogP contribution is 2.67. The summed E-state index contributed by atoms with van der Waals surface area (Å²) < 4.78 is 0. The Hall–Kier alpha value is -0.570. The van der Waals surface area contributed by atoms with E-state index in [2.05, 4.69) is 45.1 Å². The largest absolute Gasteiger partial charge is 0.354 e. The highest BCUT2D eigenvalue weighted by molar-refractivity contribution is 5.73. The van der Waals surface area contributed by atoms with Crippen molar-refractivity contribution in [1.82, 2.24) is 10.2 Å². The minimum absolute atomic E-state index is 0.138. The second-order valence-corrected chi connectivity index (χ2v) is 11.8. The average molecular weight is 389 g/mol. The lowest BCUT2D eigenvalue weighted by Gasteiger charge is -2.61. The molecule has 0 spiro atoms. The van der Waals surface area contributed by atoms with Crippen LogP contribution >= 0.6 is 0 Å². The summed E-state index contributed by atoms with van der Waals surface area (Å²) in [7, 11) is 4.56. The van der Waals surface area contributed by atoms with Gasteiger partial charge >= 0.3 is 0 Å². The van der Waals surface area contributed by atoms with E-state index >= 15 is 0 Å². The molecule has 0 aromatic heterocycles. The molecule has 0 saturated heterocycles. The van der Waals surface area contributed by atoms with Crippen LogP contribution in [0.25, 0.3) is 0 Å². The van der Waals surface area contributed by atoms with Gasteiger partial charge < -0.3 is 10.2 Å². The predicted molar refractivity (Wildman–Crippen MR) is 116 cm³/mol. The summed E-state index contributed by atoms with van der Waals surface area (Å²) in [5.74, 6) is 4.51. The van der Waals surface area contributed by atoms with Gasteiger partial charge in [0.15, 0.2) is 0 Å². The Morgan fingerprint density at radius 2 is 1.64 bits per heavy atom. The van der Waals surface area contributed by atoms with Crippen molar-refractivity contribution in [2.75, 3.05) is 14.1 Å². The van der Waals surface area contributed by atoms with Gasteiger partial charge in [-0.3, -0.25) is 4.79 Å². The van der Waals surface area contributed by atoms with E-state index in [4.69, 9.17) is 0 Å². The van der Waals surface area contributed by atoms with Crippen LogP contribution < -0.4 is 5.32 Å². The number of nitrogens with one attached hydrogen (secondary N) is 1. The van der Waals surface area contributed by atoms with E-state index in [1.54, 1.807) is 6.92 Å². The number of amides is 1. The summed E-state index contributed by atoms with van der Waals surface area (Å²) in [5, 5.41) is 3.24. The fourth-order valence-electron chi connectivity index (χ4n) is 8.99. The number of hydrogen-bond acceptors (Lipinski definition) is 2. The predicted octanol–water partition coefficient (Wildman–Crippen LogP) is 5.10. The van der Waals surface area contributed by atoms with Crippen molar-refractivity contribution < 1.29 is 4.79 Å². The van der Waals surface area contributed by atoms with E-state index in [0.29, 0.717) is 22.8 Å². The highest BCUT2D eigenvalue weighted by atomic mass is 16.1. The van der Waals surface area contributed by atoms with Crippen molar-refractivity contribution in [3.05, 3.63) is 0 Å². The lowest BCUT2D eigenvalue weighted by Crippen LogP contribution is -2.56. The standard InChI is InChI=1S/C25H44N2O/c1-16(26-17(2)28)21-9-10-22-20-8-7-18-15-19(27(5)6)11-13-24(18,3)23(20)12-14-25(21,22)4/h16,18-23H,7-15H2,1-6H3,(H,26,28)/t16-,18-,19-,20-,21+,22-,23-,24-,25+/m0/s1. The Morgan fingerprint density at radius 1 is 0.964 bits per heavy atom. The zero-order valence-electron chi connectivity index (χ0n) is 19.3. The molecule has 4 aliphatic carbocycles. The van der Waals surface area contributed by atoms with Gasteiger partial charge in [-0.05, 0) is 119 Å². The summed E-state index contributed by atoms with van der Waals surface area (Å²) >= 11 is 0. The van der Waals surface area contributed by atoms with Crippen molar-refractivity contribution in [2.45, 2.75) is 97.6 Å². The Bertz CT molecular complexity index is 603. The van der Waals surface area contributed by atoms with E-state index < -0.39 is 0 Å². The molecule has 0 unspecified atom stereocenters. The van der Waals surface area contributed by atoms with E-state index in [-0.39, 0.29) is 5.91 Å². The average Bonchev–Trinajstić information content (AvgIpc) is 2.97. The number of rotatable bonds is 3. The zero-order chi connectivity index (χ0) is 20.3. The topological polar surface area (TPSA) is 32.3 Å². The molecule has 0 heterocycles. The van der Waals surface area contributed by atoms with Gasteiger partial charge in [0.2, 0.25) is 5.91 Å². The Balaban J connectivity index is 1.52. The summed E-state index contributed by atoms with van der Waals surface area (Å²) in [4.78, 5) is 14.1. The van der Waals surface area contributed by atoms with Crippen molar-refractivity contribution in [2.24, 2.45) is 40.4 Å². The SMILES string of the molecule is CC(=O)N[C@@H](C)[C@H]1CC[C@H]2[C@@H]3CC[C@H]4C[C@@H](N(C)C)CC[C@]4(C)[C@H]3CC[C@]12C. The molecule has 4 aliphatic rings. The van der Waals surface area contributed by atoms with Crippen LogP contribution in [-0.4, -0.2) is 37.0 Å². The minimum Gasteiger partial charge on any atom is -0.354 e. The summed E-state index contributed by atoms with van der Waals surface area (Å²) in [6.07, 6.45) is 12.7. The third-order valence-electron chi connectivity index (χ3n) is 10.5. The van der Waals surface area contributed by atoms with Gasteiger partial charge in [0.25, 0.3) is 0 Å². The second kappa shape index (κ2) is 7.29. The van der Waals surface area contributed by atoms with Crippen molar-refractivity contribution >= 4 is 5.91 Å². The molecule has 0 aromatic carbocycles. The van der Waals surface area contributed by atoms with E-state index in [1.807, 2.05) is 0 Å². The first-order valence-corrected chi connectivity index (χ1v) is 12.1. The van der Waals surface area contributed by atoms with Gasteiger partial charge in [-0.25, -0.2) is 0 Å². The van der Waals surface area contributed by atoms with Gasteiger partial charge in [-0.1, -0.05) is 13.8 Å². The molecular formula is C25H44N2O. The zero-order valence-corrected chi connectivity index (χ0v) is 19.3. The van der Waals surface area contributed by atoms with Crippen LogP contribution in [0.1, 0.15) is 85.5 Å². The summed E-state index contributed by atoms with van der Waals surface area (Å²) in [6, 6.07) is 1.13. The fraction of sp³-hybridized carbons (Fsp3) is 0.960. The van der Waals surface area contributed by atoms with Crippen LogP contribution in [0.15, 0.2) is 0 Å². The molecule has 160 valence electrons. The molecule has 0 radical (unpaired) electrons. The molecule has 4 rings (SSSR count). The van der Waals surface area contributed by atoms with E-state index in [9.17, 15) is 4.79 Å². The smallest absolute Gasteiger partial charge is 0.217 e. The molecule has 28 heavy (non-hydrogen) atoms. The third kappa shape index (κ3) is 3.15. The lowest BCUT2D eigenvalue weighted by atomic mass is 9.44. The summed E-state index contributed by atoms with van der Waals surface area (Å²) in [6.45, 7) is 9.19. The Labute approximate surface area is 173 Å². The number of hydrogen-bond donors (Lipinski definition) is 1. The normalized spacial score (nSPS) is 49.1. The molecule has 1 amide bonds. The third-order valence-corrected chi connectivity index (χ3v) is 10.5. The highest BCUT2D eigenvalue weighted by Gasteiger charge is 2.60. The molecule has 0 aromatic rings. The number of carbonyl (C=O) groups is 1. The Morgan fingerprint density at radius 3 is 2.32 bits per heavy atom.